The average Bonchev–Trinajstić information content (AvgIpc) is 1.56. The van der Waals surface area contributed by atoms with Crippen molar-refractivity contribution >= 4 is 38.1 Å². The molecule has 6 aliphatic rings. The Bertz CT molecular complexity index is 5620. The lowest BCUT2D eigenvalue weighted by molar-refractivity contribution is 0.0732. The van der Waals surface area contributed by atoms with E-state index >= 15 is 13.2 Å². The summed E-state index contributed by atoms with van der Waals surface area (Å²) in [6, 6.07) is 38.0. The molecule has 16 rings (SSSR count). The van der Waals surface area contributed by atoms with Gasteiger partial charge >= 0.3 is 0 Å². The van der Waals surface area contributed by atoms with Gasteiger partial charge in [-0.1, -0.05) is 126 Å². The second-order valence-corrected chi connectivity index (χ2v) is 37.3. The van der Waals surface area contributed by atoms with E-state index in [-0.39, 0.29) is 81.1 Å². The van der Waals surface area contributed by atoms with E-state index in [4.69, 9.17) is 5.10 Å². The Kier molecular flexibility index (Phi) is 26.4. The fourth-order valence-electron chi connectivity index (χ4n) is 19.6. The number of sulfonamides is 2. The fraction of sp³-hybridized carbons (Fsp3) is 0.404. The number of amides is 1. The summed E-state index contributed by atoms with van der Waals surface area (Å²) in [6.07, 6.45) is 22.8. The van der Waals surface area contributed by atoms with Crippen LogP contribution in [0.1, 0.15) is 245 Å². The minimum atomic E-state index is -3.84. The molecule has 3 aromatic heterocycles. The minimum Gasteiger partial charge on any atom is -0.347 e. The van der Waals surface area contributed by atoms with Crippen LogP contribution in [0.4, 0.5) is 39.5 Å². The van der Waals surface area contributed by atoms with Crippen molar-refractivity contribution in [1.82, 2.24) is 44.1 Å². The predicted octanol–water partition coefficient (Wildman–Crippen LogP) is 21.5. The van der Waals surface area contributed by atoms with Crippen LogP contribution in [-0.4, -0.2) is 64.2 Å². The summed E-state index contributed by atoms with van der Waals surface area (Å²) in [6.45, 7) is 10.4. The van der Waals surface area contributed by atoms with E-state index in [1.165, 1.54) is 112 Å². The lowest BCUT2D eigenvalue weighted by atomic mass is 9.68. The molecule has 0 aliphatic heterocycles. The Balaban J connectivity index is 0.000000146. The number of aromatic nitrogens is 6. The van der Waals surface area contributed by atoms with Gasteiger partial charge in [0.25, 0.3) is 5.91 Å². The monoisotopic (exact) mass is 1670 g/mol. The topological polar surface area (TPSA) is 175 Å². The highest BCUT2D eigenvalue weighted by Gasteiger charge is 2.60. The molecule has 8 atom stereocenters. The Hall–Kier alpha value is -9.69. The second-order valence-electron chi connectivity index (χ2n) is 34.1. The van der Waals surface area contributed by atoms with Gasteiger partial charge in [0.1, 0.15) is 52.0 Å². The lowest BCUT2D eigenvalue weighted by Crippen LogP contribution is -2.52. The molecular weight excluding hydrogens is 1570 g/mol. The number of hydrogen-bond donors (Lipinski definition) is 3. The van der Waals surface area contributed by atoms with Gasteiger partial charge in [0.2, 0.25) is 20.0 Å². The van der Waals surface area contributed by atoms with Gasteiger partial charge in [0.05, 0.1) is 28.5 Å². The summed E-state index contributed by atoms with van der Waals surface area (Å²) in [5.41, 5.74) is 9.47. The summed E-state index contributed by atoms with van der Waals surface area (Å²) in [5.74, 6) is -4.99. The van der Waals surface area contributed by atoms with Gasteiger partial charge in [0.15, 0.2) is 23.1 Å². The van der Waals surface area contributed by atoms with Crippen LogP contribution in [-0.2, 0) is 58.6 Å². The Morgan fingerprint density at radius 2 is 0.866 bits per heavy atom. The molecule has 3 heterocycles. The number of carbonyl (C=O) groups is 1. The highest BCUT2D eigenvalue weighted by atomic mass is 32.2. The van der Waals surface area contributed by atoms with Gasteiger partial charge in [-0.2, -0.15) is 15.3 Å². The zero-order valence-corrected chi connectivity index (χ0v) is 69.3. The van der Waals surface area contributed by atoms with Crippen molar-refractivity contribution in [3.05, 3.63) is 294 Å². The smallest absolute Gasteiger partial charge is 0.272 e. The third-order valence-corrected chi connectivity index (χ3v) is 27.8. The first-order chi connectivity index (χ1) is 57.0. The van der Waals surface area contributed by atoms with Gasteiger partial charge < -0.3 is 5.32 Å². The Morgan fingerprint density at radius 3 is 1.29 bits per heavy atom. The minimum absolute atomic E-state index is 0.0217. The van der Waals surface area contributed by atoms with E-state index in [1.807, 2.05) is 55.5 Å². The van der Waals surface area contributed by atoms with E-state index in [2.05, 4.69) is 45.7 Å². The highest BCUT2D eigenvalue weighted by molar-refractivity contribution is 7.92. The van der Waals surface area contributed by atoms with Gasteiger partial charge in [-0.25, -0.2) is 79.8 Å². The van der Waals surface area contributed by atoms with Crippen LogP contribution in [0, 0.1) is 75.0 Å². The molecule has 0 radical (unpaired) electrons. The van der Waals surface area contributed by atoms with Crippen molar-refractivity contribution in [2.75, 3.05) is 0 Å². The van der Waals surface area contributed by atoms with Crippen LogP contribution < -0.4 is 14.8 Å². The molecule has 0 saturated heterocycles. The molecule has 10 aromatic rings. The summed E-state index contributed by atoms with van der Waals surface area (Å²) in [7, 11) is -7.59. The predicted molar refractivity (Wildman–Crippen MR) is 445 cm³/mol. The number of nitrogens with one attached hydrogen (secondary N) is 3. The quantitative estimate of drug-likeness (QED) is 0.0471. The zero-order chi connectivity index (χ0) is 84.1. The summed E-state index contributed by atoms with van der Waals surface area (Å²) < 4.78 is 191. The average molecular weight is 1670 g/mol. The number of hydrogen-bond acceptors (Lipinski definition) is 8. The number of rotatable bonds is 21. The zero-order valence-electron chi connectivity index (χ0n) is 67.6. The van der Waals surface area contributed by atoms with Crippen LogP contribution in [0.15, 0.2) is 169 Å². The highest BCUT2D eigenvalue weighted by Crippen LogP contribution is 2.62. The van der Waals surface area contributed by atoms with Crippen molar-refractivity contribution in [2.45, 2.75) is 218 Å². The lowest BCUT2D eigenvalue weighted by Gasteiger charge is -2.43. The molecule has 6 aliphatic carbocycles. The largest absolute Gasteiger partial charge is 0.347 e. The SMILES string of the molecule is CC12CCC(C1)C(C)(C)[C@H]2NC(=O)c1nn(-c2ccc(F)cc2F)c2c1CCCCC2Cc1cccc(F)c1.C[C@H](NS(=O)(=O)/C=C/c1nn(-c2ccc(F)cc2F)c2c1CCCCC2Cc1cccc(F)c1)C1CCCCC1.C[C@H](NS(=O)(=O)/C=C/c1nn(-c2ccc(F)cc2F)c2c1CCCCC2Cc1cccc(F)c1)c1ccccc1. The van der Waals surface area contributed by atoms with Crippen molar-refractivity contribution in [1.29, 1.82) is 0 Å². The molecule has 3 fully saturated rings. The summed E-state index contributed by atoms with van der Waals surface area (Å²) >= 11 is 0. The maximum absolute atomic E-state index is 15.2. The van der Waals surface area contributed by atoms with Crippen LogP contribution in [0.5, 0.6) is 0 Å². The molecule has 2 bridgehead atoms. The van der Waals surface area contributed by atoms with Crippen molar-refractivity contribution < 1.29 is 61.1 Å². The van der Waals surface area contributed by atoms with Crippen LogP contribution in [0.3, 0.4) is 0 Å². The van der Waals surface area contributed by atoms with Gasteiger partial charge in [-0.15, -0.1) is 0 Å². The van der Waals surface area contributed by atoms with Gasteiger partial charge in [0, 0.05) is 81.6 Å². The number of benzene rings is 7. The maximum atomic E-state index is 15.2. The van der Waals surface area contributed by atoms with E-state index in [9.17, 15) is 48.0 Å². The first-order valence-electron chi connectivity index (χ1n) is 41.7. The summed E-state index contributed by atoms with van der Waals surface area (Å²) in [5, 5.41) is 19.7. The van der Waals surface area contributed by atoms with Crippen LogP contribution in [0.2, 0.25) is 0 Å². The second kappa shape index (κ2) is 36.7. The number of fused-ring (bicyclic) bond motifs is 5. The van der Waals surface area contributed by atoms with Crippen LogP contribution >= 0.6 is 0 Å². The number of carbonyl (C=O) groups excluding carboxylic acids is 1. The maximum Gasteiger partial charge on any atom is 0.272 e. The van der Waals surface area contributed by atoms with E-state index in [1.54, 1.807) is 25.1 Å². The number of nitrogens with zero attached hydrogens (tertiary/aromatic N) is 6. The molecular formula is C94H102F9N9O5S2. The van der Waals surface area contributed by atoms with Crippen molar-refractivity contribution in [2.24, 2.45) is 22.7 Å². The molecule has 628 valence electrons. The van der Waals surface area contributed by atoms with Gasteiger partial charge in [-0.3, -0.25) is 4.79 Å². The Labute approximate surface area is 691 Å². The normalized spacial score (nSPS) is 21.0. The molecule has 3 N–H and O–H groups in total. The molecule has 3 saturated carbocycles. The first-order valence-corrected chi connectivity index (χ1v) is 44.8. The van der Waals surface area contributed by atoms with E-state index in [0.717, 1.165) is 181 Å². The standard InChI is InChI=1S/C32H36F3N3O.C31H36F3N3O2S.C31H30F3N3O2S/c1-31(2)21-13-14-32(3,18-21)30(31)36-29(39)27-24-10-5-4-8-20(15-19-7-6-9-22(33)16-19)28(24)38(37-27)26-12-11-23(34)17-25(26)35;2*1-21(23-9-3-2-4-10-23)36-40(38,39)17-16-29-27-13-6-5-11-24(18-22-8-7-12-25(32)19-22)31(27)37(35-29)30-15-14-26(33)20-28(30)34/h6-7,9,11-12,16-17,20-21,30H,4-5,8,10,13-15,18H2,1-3H3,(H,36,39);7-8,12,14-17,19-21,23-24,36H,2-6,9-11,13,18H2,1H3;2-4,7-10,12,14-17,19-21,24,36H,5-6,11,13,18H2,1H3/b;2*17-16+/t20?,21?,30-,32?;2*21-,24?/m100/s1. The van der Waals surface area contributed by atoms with Gasteiger partial charge in [-0.05, 0) is 253 Å². The van der Waals surface area contributed by atoms with E-state index < -0.39 is 61.0 Å². The molecule has 7 aromatic carbocycles. The first kappa shape index (κ1) is 85.7. The van der Waals surface area contributed by atoms with Crippen LogP contribution in [0.25, 0.3) is 29.2 Å². The Morgan fingerprint density at radius 1 is 0.462 bits per heavy atom. The molecule has 5 unspecified atom stereocenters. The fourth-order valence-corrected chi connectivity index (χ4v) is 21.7. The van der Waals surface area contributed by atoms with Crippen molar-refractivity contribution in [3.63, 3.8) is 0 Å². The molecule has 0 spiro atoms. The molecule has 1 amide bonds. The molecule has 14 nitrogen and oxygen atoms in total. The summed E-state index contributed by atoms with van der Waals surface area (Å²) in [4.78, 5) is 14.0. The van der Waals surface area contributed by atoms with Crippen molar-refractivity contribution in [3.8, 4) is 17.1 Å². The number of halogens is 9. The molecule has 25 heteroatoms. The molecule has 119 heavy (non-hydrogen) atoms. The van der Waals surface area contributed by atoms with E-state index in [0.29, 0.717) is 67.4 Å². The third kappa shape index (κ3) is 20.0. The third-order valence-electron chi connectivity index (χ3n) is 25.4.